The predicted molar refractivity (Wildman–Crippen MR) is 112 cm³/mol. The fourth-order valence-corrected chi connectivity index (χ4v) is 4.46. The van der Waals surface area contributed by atoms with Crippen molar-refractivity contribution >= 4 is 11.8 Å². The van der Waals surface area contributed by atoms with Crippen LogP contribution in [0, 0.1) is 23.2 Å². The fraction of sp³-hybridized carbons (Fsp3) is 0.652. The average molecular weight is 413 g/mol. The Balaban J connectivity index is 1.72. The zero-order valence-corrected chi connectivity index (χ0v) is 17.8. The molecule has 162 valence electrons. The molecule has 7 nitrogen and oxygen atoms in total. The third kappa shape index (κ3) is 5.79. The summed E-state index contributed by atoms with van der Waals surface area (Å²) < 4.78 is 5.34. The first-order valence-corrected chi connectivity index (χ1v) is 11.0. The van der Waals surface area contributed by atoms with Gasteiger partial charge in [-0.1, -0.05) is 32.1 Å². The highest BCUT2D eigenvalue weighted by Crippen LogP contribution is 2.31. The second-order valence-corrected chi connectivity index (χ2v) is 8.60. The second kappa shape index (κ2) is 10.5. The van der Waals surface area contributed by atoms with Crippen LogP contribution < -0.4 is 5.32 Å². The predicted octanol–water partition coefficient (Wildman–Crippen LogP) is 2.77. The van der Waals surface area contributed by atoms with Crippen LogP contribution in [-0.4, -0.2) is 48.0 Å². The van der Waals surface area contributed by atoms with E-state index in [2.05, 4.69) is 16.4 Å². The molecule has 0 aromatic carbocycles. The quantitative estimate of drug-likeness (QED) is 0.743. The van der Waals surface area contributed by atoms with Crippen LogP contribution in [0.2, 0.25) is 0 Å². The smallest absolute Gasteiger partial charge is 0.225 e. The SMILES string of the molecule is CC(C#N)(NC(=O)C(CC(=O)N1CCOCC1)CC1CCCCC1)c1ccncc1. The van der Waals surface area contributed by atoms with Gasteiger partial charge < -0.3 is 15.0 Å². The first-order chi connectivity index (χ1) is 14.5. The van der Waals surface area contributed by atoms with E-state index in [1.807, 2.05) is 0 Å². The van der Waals surface area contributed by atoms with E-state index in [9.17, 15) is 14.9 Å². The number of nitrogens with one attached hydrogen (secondary N) is 1. The Kier molecular flexibility index (Phi) is 7.81. The highest BCUT2D eigenvalue weighted by Gasteiger charge is 2.34. The molecule has 2 aliphatic rings. The molecule has 2 fully saturated rings. The minimum atomic E-state index is -1.16. The summed E-state index contributed by atoms with van der Waals surface area (Å²) in [7, 11) is 0. The zero-order valence-electron chi connectivity index (χ0n) is 17.8. The number of hydrogen-bond donors (Lipinski definition) is 1. The van der Waals surface area contributed by atoms with Crippen molar-refractivity contribution in [3.05, 3.63) is 30.1 Å². The standard InChI is InChI=1S/C23H32N4O3/c1-23(17-24,20-7-9-25-10-8-20)26-22(29)19(15-18-5-3-2-4-6-18)16-21(28)27-11-13-30-14-12-27/h7-10,18-19H,2-6,11-16H2,1H3,(H,26,29). The molecular weight excluding hydrogens is 380 g/mol. The van der Waals surface area contributed by atoms with E-state index in [4.69, 9.17) is 4.74 Å². The van der Waals surface area contributed by atoms with Crippen molar-refractivity contribution in [3.63, 3.8) is 0 Å². The van der Waals surface area contributed by atoms with E-state index in [0.29, 0.717) is 44.2 Å². The number of pyridine rings is 1. The third-order valence-electron chi connectivity index (χ3n) is 6.35. The van der Waals surface area contributed by atoms with Crippen molar-refractivity contribution in [1.82, 2.24) is 15.2 Å². The van der Waals surface area contributed by atoms with Crippen LogP contribution in [0.1, 0.15) is 57.4 Å². The number of carbonyl (C=O) groups is 2. The van der Waals surface area contributed by atoms with Crippen LogP contribution >= 0.6 is 0 Å². The summed E-state index contributed by atoms with van der Waals surface area (Å²) in [6, 6.07) is 5.70. The number of ether oxygens (including phenoxy) is 1. The van der Waals surface area contributed by atoms with Gasteiger partial charge in [-0.05, 0) is 37.0 Å². The van der Waals surface area contributed by atoms with E-state index in [0.717, 1.165) is 12.8 Å². The van der Waals surface area contributed by atoms with Crippen LogP contribution in [0.15, 0.2) is 24.5 Å². The molecule has 1 aromatic rings. The molecule has 1 aliphatic carbocycles. The lowest BCUT2D eigenvalue weighted by molar-refractivity contribution is -0.140. The van der Waals surface area contributed by atoms with Crippen molar-refractivity contribution in [2.45, 2.75) is 57.4 Å². The van der Waals surface area contributed by atoms with E-state index < -0.39 is 11.5 Å². The molecule has 0 radical (unpaired) electrons. The molecule has 0 spiro atoms. The van der Waals surface area contributed by atoms with Crippen LogP contribution in [0.3, 0.4) is 0 Å². The molecule has 7 heteroatoms. The van der Waals surface area contributed by atoms with Crippen molar-refractivity contribution in [2.75, 3.05) is 26.3 Å². The van der Waals surface area contributed by atoms with Gasteiger partial charge in [-0.3, -0.25) is 14.6 Å². The van der Waals surface area contributed by atoms with Crippen LogP contribution in [-0.2, 0) is 19.9 Å². The molecule has 1 aliphatic heterocycles. The van der Waals surface area contributed by atoms with Gasteiger partial charge in [0.1, 0.15) is 5.54 Å². The number of amides is 2. The highest BCUT2D eigenvalue weighted by atomic mass is 16.5. The van der Waals surface area contributed by atoms with Gasteiger partial charge in [0.05, 0.1) is 19.3 Å². The van der Waals surface area contributed by atoms with Gasteiger partial charge in [0.2, 0.25) is 11.8 Å². The summed E-state index contributed by atoms with van der Waals surface area (Å²) >= 11 is 0. The Hall–Kier alpha value is -2.46. The fourth-order valence-electron chi connectivity index (χ4n) is 4.46. The lowest BCUT2D eigenvalue weighted by Crippen LogP contribution is -2.47. The number of nitriles is 1. The van der Waals surface area contributed by atoms with Gasteiger partial charge in [0.15, 0.2) is 0 Å². The maximum Gasteiger partial charge on any atom is 0.225 e. The van der Waals surface area contributed by atoms with Crippen LogP contribution in [0.4, 0.5) is 0 Å². The molecule has 1 aromatic heterocycles. The van der Waals surface area contributed by atoms with Crippen LogP contribution in [0.5, 0.6) is 0 Å². The monoisotopic (exact) mass is 412 g/mol. The maximum atomic E-state index is 13.3. The van der Waals surface area contributed by atoms with Gasteiger partial charge in [-0.25, -0.2) is 0 Å². The highest BCUT2D eigenvalue weighted by molar-refractivity contribution is 5.86. The number of nitrogens with zero attached hydrogens (tertiary/aromatic N) is 3. The Morgan fingerprint density at radius 2 is 1.93 bits per heavy atom. The summed E-state index contributed by atoms with van der Waals surface area (Å²) in [5, 5.41) is 12.7. The molecule has 30 heavy (non-hydrogen) atoms. The molecule has 3 rings (SSSR count). The Labute approximate surface area is 178 Å². The van der Waals surface area contributed by atoms with Gasteiger partial charge >= 0.3 is 0 Å². The zero-order chi connectivity index (χ0) is 21.4. The van der Waals surface area contributed by atoms with E-state index in [-0.39, 0.29) is 18.2 Å². The lowest BCUT2D eigenvalue weighted by atomic mass is 9.81. The average Bonchev–Trinajstić information content (AvgIpc) is 2.80. The first kappa shape index (κ1) is 22.2. The van der Waals surface area contributed by atoms with Gasteiger partial charge in [0.25, 0.3) is 0 Å². The lowest BCUT2D eigenvalue weighted by Gasteiger charge is -2.32. The maximum absolute atomic E-state index is 13.3. The molecule has 2 amide bonds. The largest absolute Gasteiger partial charge is 0.378 e. The topological polar surface area (TPSA) is 95.3 Å². The summed E-state index contributed by atoms with van der Waals surface area (Å²) in [6.07, 6.45) is 9.92. The Morgan fingerprint density at radius 3 is 2.57 bits per heavy atom. The number of aromatic nitrogens is 1. The van der Waals surface area contributed by atoms with Gasteiger partial charge in [-0.2, -0.15) is 5.26 Å². The Bertz CT molecular complexity index is 751. The summed E-state index contributed by atoms with van der Waals surface area (Å²) in [5.74, 6) is -0.195. The van der Waals surface area contributed by atoms with Crippen molar-refractivity contribution in [1.29, 1.82) is 5.26 Å². The van der Waals surface area contributed by atoms with Crippen LogP contribution in [0.25, 0.3) is 0 Å². The summed E-state index contributed by atoms with van der Waals surface area (Å²) in [6.45, 7) is 3.92. The van der Waals surface area contributed by atoms with Crippen molar-refractivity contribution in [2.24, 2.45) is 11.8 Å². The molecule has 2 unspecified atom stereocenters. The molecule has 1 N–H and O–H groups in total. The minimum absolute atomic E-state index is 0.00293. The van der Waals surface area contributed by atoms with E-state index >= 15 is 0 Å². The first-order valence-electron chi connectivity index (χ1n) is 11.0. The molecule has 1 saturated heterocycles. The summed E-state index contributed by atoms with van der Waals surface area (Å²) in [5.41, 5.74) is -0.475. The number of morpholine rings is 1. The third-order valence-corrected chi connectivity index (χ3v) is 6.35. The molecule has 1 saturated carbocycles. The Morgan fingerprint density at radius 1 is 1.27 bits per heavy atom. The number of carbonyl (C=O) groups excluding carboxylic acids is 2. The summed E-state index contributed by atoms with van der Waals surface area (Å²) in [4.78, 5) is 32.0. The van der Waals surface area contributed by atoms with Crippen molar-refractivity contribution < 1.29 is 14.3 Å². The normalized spacial score (nSPS) is 20.6. The molecule has 2 atom stereocenters. The van der Waals surface area contributed by atoms with Gasteiger partial charge in [-0.15, -0.1) is 0 Å². The molecular formula is C23H32N4O3. The van der Waals surface area contributed by atoms with Crippen molar-refractivity contribution in [3.8, 4) is 6.07 Å². The van der Waals surface area contributed by atoms with Gasteiger partial charge in [0, 0.05) is 37.8 Å². The number of hydrogen-bond acceptors (Lipinski definition) is 5. The molecule has 2 heterocycles. The second-order valence-electron chi connectivity index (χ2n) is 8.60. The van der Waals surface area contributed by atoms with E-state index in [1.54, 1.807) is 36.4 Å². The van der Waals surface area contributed by atoms with E-state index in [1.165, 1.54) is 19.3 Å². The number of rotatable bonds is 7. The minimum Gasteiger partial charge on any atom is -0.378 e. The molecule has 0 bridgehead atoms.